The van der Waals surface area contributed by atoms with Gasteiger partial charge in [-0.25, -0.2) is 0 Å². The minimum absolute atomic E-state index is 0.540. The van der Waals surface area contributed by atoms with Gasteiger partial charge in [-0.05, 0) is 35.5 Å². The van der Waals surface area contributed by atoms with Crippen molar-refractivity contribution in [3.05, 3.63) is 20.8 Å². The van der Waals surface area contributed by atoms with E-state index in [1.54, 1.807) is 0 Å². The van der Waals surface area contributed by atoms with E-state index in [1.807, 2.05) is 11.3 Å². The van der Waals surface area contributed by atoms with Crippen molar-refractivity contribution in [3.63, 3.8) is 0 Å². The fourth-order valence-electron chi connectivity index (χ4n) is 1.89. The van der Waals surface area contributed by atoms with Gasteiger partial charge in [-0.2, -0.15) is 0 Å². The highest BCUT2D eigenvalue weighted by atomic mass is 79.9. The molecule has 3 heteroatoms. The smallest absolute Gasteiger partial charge is 0.0412 e. The largest absolute Gasteiger partial charge is 0.312 e. The molecule has 0 spiro atoms. The predicted octanol–water partition coefficient (Wildman–Crippen LogP) is 5.13. The summed E-state index contributed by atoms with van der Waals surface area (Å²) in [5.74, 6) is 0. The zero-order chi connectivity index (χ0) is 11.8. The van der Waals surface area contributed by atoms with Crippen LogP contribution in [-0.2, 0) is 0 Å². The van der Waals surface area contributed by atoms with Crippen LogP contribution < -0.4 is 5.32 Å². The van der Waals surface area contributed by atoms with Crippen LogP contribution in [0.5, 0.6) is 0 Å². The highest BCUT2D eigenvalue weighted by molar-refractivity contribution is 9.10. The van der Waals surface area contributed by atoms with Gasteiger partial charge < -0.3 is 5.32 Å². The third-order valence-corrected chi connectivity index (χ3v) is 4.68. The van der Waals surface area contributed by atoms with Crippen molar-refractivity contribution in [2.24, 2.45) is 0 Å². The standard InChI is InChI=1S/C13H22BrNS/c1-3-4-5-6-7-8-12(15-2)13-9-11(14)10-16-13/h9-10,12,15H,3-8H2,1-2H3. The molecule has 1 rings (SSSR count). The summed E-state index contributed by atoms with van der Waals surface area (Å²) < 4.78 is 1.21. The number of thiophene rings is 1. The Bertz CT molecular complexity index is 285. The van der Waals surface area contributed by atoms with Crippen LogP contribution in [0.25, 0.3) is 0 Å². The van der Waals surface area contributed by atoms with Crippen molar-refractivity contribution in [2.75, 3.05) is 7.05 Å². The van der Waals surface area contributed by atoms with Crippen LogP contribution in [-0.4, -0.2) is 7.05 Å². The fourth-order valence-corrected chi connectivity index (χ4v) is 3.48. The van der Waals surface area contributed by atoms with Crippen LogP contribution in [0.1, 0.15) is 56.4 Å². The molecule has 1 nitrogen and oxygen atoms in total. The van der Waals surface area contributed by atoms with Crippen molar-refractivity contribution >= 4 is 27.3 Å². The lowest BCUT2D eigenvalue weighted by Crippen LogP contribution is -2.14. The molecule has 0 saturated heterocycles. The van der Waals surface area contributed by atoms with Gasteiger partial charge in [-0.3, -0.25) is 0 Å². The summed E-state index contributed by atoms with van der Waals surface area (Å²) in [6.07, 6.45) is 8.07. The highest BCUT2D eigenvalue weighted by Gasteiger charge is 2.10. The summed E-state index contributed by atoms with van der Waals surface area (Å²) >= 11 is 5.36. The van der Waals surface area contributed by atoms with Gasteiger partial charge in [0.1, 0.15) is 0 Å². The third-order valence-electron chi connectivity index (χ3n) is 2.88. The summed E-state index contributed by atoms with van der Waals surface area (Å²) in [6, 6.07) is 2.77. The van der Waals surface area contributed by atoms with Crippen molar-refractivity contribution in [3.8, 4) is 0 Å². The summed E-state index contributed by atoms with van der Waals surface area (Å²) in [6.45, 7) is 2.26. The molecule has 0 saturated carbocycles. The Kier molecular flexibility index (Phi) is 7.33. The van der Waals surface area contributed by atoms with E-state index in [-0.39, 0.29) is 0 Å². The fraction of sp³-hybridized carbons (Fsp3) is 0.692. The summed E-state index contributed by atoms with van der Waals surface area (Å²) in [5, 5.41) is 5.58. The van der Waals surface area contributed by atoms with Crippen molar-refractivity contribution < 1.29 is 0 Å². The quantitative estimate of drug-likeness (QED) is 0.656. The van der Waals surface area contributed by atoms with Gasteiger partial charge >= 0.3 is 0 Å². The lowest BCUT2D eigenvalue weighted by molar-refractivity contribution is 0.506. The zero-order valence-electron chi connectivity index (χ0n) is 10.3. The molecule has 0 amide bonds. The molecule has 0 bridgehead atoms. The number of rotatable bonds is 8. The Morgan fingerprint density at radius 3 is 2.62 bits per heavy atom. The number of hydrogen-bond donors (Lipinski definition) is 1. The molecule has 0 fully saturated rings. The molecular weight excluding hydrogens is 282 g/mol. The molecule has 92 valence electrons. The number of nitrogens with one attached hydrogen (secondary N) is 1. The first-order valence-electron chi connectivity index (χ1n) is 6.19. The monoisotopic (exact) mass is 303 g/mol. The van der Waals surface area contributed by atoms with E-state index in [0.29, 0.717) is 6.04 Å². The van der Waals surface area contributed by atoms with E-state index in [2.05, 4.69) is 46.7 Å². The average molecular weight is 304 g/mol. The van der Waals surface area contributed by atoms with Crippen LogP contribution in [0.2, 0.25) is 0 Å². The van der Waals surface area contributed by atoms with E-state index in [9.17, 15) is 0 Å². The normalized spacial score (nSPS) is 12.9. The number of hydrogen-bond acceptors (Lipinski definition) is 2. The SMILES string of the molecule is CCCCCCCC(NC)c1cc(Br)cs1. The lowest BCUT2D eigenvalue weighted by Gasteiger charge is -2.14. The van der Waals surface area contributed by atoms with Crippen LogP contribution in [0.15, 0.2) is 15.9 Å². The summed E-state index contributed by atoms with van der Waals surface area (Å²) in [7, 11) is 2.06. The minimum atomic E-state index is 0.540. The van der Waals surface area contributed by atoms with Crippen molar-refractivity contribution in [1.82, 2.24) is 5.32 Å². The van der Waals surface area contributed by atoms with E-state index in [1.165, 1.54) is 47.9 Å². The van der Waals surface area contributed by atoms with Gasteiger partial charge in [-0.1, -0.05) is 39.0 Å². The second-order valence-corrected chi connectivity index (χ2v) is 6.07. The van der Waals surface area contributed by atoms with Crippen LogP contribution in [0.4, 0.5) is 0 Å². The molecule has 1 heterocycles. The lowest BCUT2D eigenvalue weighted by atomic mass is 10.1. The first kappa shape index (κ1) is 14.2. The maximum atomic E-state index is 3.51. The molecule has 1 aromatic heterocycles. The van der Waals surface area contributed by atoms with Crippen molar-refractivity contribution in [1.29, 1.82) is 0 Å². The Balaban J connectivity index is 2.27. The topological polar surface area (TPSA) is 12.0 Å². The maximum absolute atomic E-state index is 3.51. The van der Waals surface area contributed by atoms with Gasteiger partial charge in [0.25, 0.3) is 0 Å². The Morgan fingerprint density at radius 2 is 2.06 bits per heavy atom. The summed E-state index contributed by atoms with van der Waals surface area (Å²) in [4.78, 5) is 1.45. The molecule has 1 aromatic rings. The van der Waals surface area contributed by atoms with E-state index >= 15 is 0 Å². The molecule has 0 aliphatic carbocycles. The van der Waals surface area contributed by atoms with Gasteiger partial charge in [0.2, 0.25) is 0 Å². The Hall–Kier alpha value is 0.140. The van der Waals surface area contributed by atoms with Crippen LogP contribution >= 0.6 is 27.3 Å². The molecule has 16 heavy (non-hydrogen) atoms. The van der Waals surface area contributed by atoms with Gasteiger partial charge in [-0.15, -0.1) is 11.3 Å². The second kappa shape index (κ2) is 8.26. The van der Waals surface area contributed by atoms with Gasteiger partial charge in [0, 0.05) is 20.8 Å². The van der Waals surface area contributed by atoms with Crippen LogP contribution in [0, 0.1) is 0 Å². The molecule has 0 radical (unpaired) electrons. The molecule has 1 unspecified atom stereocenters. The number of unbranched alkanes of at least 4 members (excludes halogenated alkanes) is 4. The molecule has 0 aromatic carbocycles. The molecule has 1 N–H and O–H groups in total. The predicted molar refractivity (Wildman–Crippen MR) is 77.2 cm³/mol. The Labute approximate surface area is 112 Å². The first-order valence-corrected chi connectivity index (χ1v) is 7.86. The van der Waals surface area contributed by atoms with Crippen LogP contribution in [0.3, 0.4) is 0 Å². The minimum Gasteiger partial charge on any atom is -0.312 e. The van der Waals surface area contributed by atoms with E-state index in [4.69, 9.17) is 0 Å². The van der Waals surface area contributed by atoms with E-state index in [0.717, 1.165) is 0 Å². The molecule has 1 atom stereocenters. The van der Waals surface area contributed by atoms with E-state index < -0.39 is 0 Å². The highest BCUT2D eigenvalue weighted by Crippen LogP contribution is 2.28. The van der Waals surface area contributed by atoms with Crippen molar-refractivity contribution in [2.45, 2.75) is 51.5 Å². The average Bonchev–Trinajstić information content (AvgIpc) is 2.70. The van der Waals surface area contributed by atoms with Gasteiger partial charge in [0.15, 0.2) is 0 Å². The van der Waals surface area contributed by atoms with Gasteiger partial charge in [0.05, 0.1) is 0 Å². The zero-order valence-corrected chi connectivity index (χ0v) is 12.7. The molecular formula is C13H22BrNS. The second-order valence-electron chi connectivity index (χ2n) is 4.21. The third kappa shape index (κ3) is 4.98. The molecule has 0 aliphatic rings. The maximum Gasteiger partial charge on any atom is 0.0412 e. The number of halogens is 1. The summed E-state index contributed by atoms with van der Waals surface area (Å²) in [5.41, 5.74) is 0. The first-order chi connectivity index (χ1) is 7.77. The Morgan fingerprint density at radius 1 is 1.31 bits per heavy atom. The molecule has 0 aliphatic heterocycles.